The van der Waals surface area contributed by atoms with E-state index in [1.165, 1.54) is 48.5 Å². The second-order valence-electron chi connectivity index (χ2n) is 34.9. The Morgan fingerprint density at radius 2 is 0.654 bits per heavy atom. The van der Waals surface area contributed by atoms with Crippen LogP contribution in [0.15, 0.2) is 48.5 Å². The molecule has 5 aliphatic rings. The van der Waals surface area contributed by atoms with Gasteiger partial charge >= 0.3 is 0 Å². The van der Waals surface area contributed by atoms with Crippen molar-refractivity contribution in [2.75, 3.05) is 49.2 Å². The van der Waals surface area contributed by atoms with Crippen LogP contribution in [0, 0.1) is 23.7 Å². The SMILES string of the molecule is CC[C@H](C)[C@@H]1NC(=O)[C@H](Cc2ccc(O)cc2)NC(=O)[C@@H]2CSSC[C@H](NC(=O)[C@H](CC(N)=O)NC(=O)[C@H](CCC(N)=O)NC1=O)C(=O)N1CCC[C@H]1C(=O)N[C@@H](CC(C)C)C(=O)NCC(=O)N[C@H]1CSSC[C@H](NC(=O)[C@H](CC(N)=O)NC(=O)[C@H](CCC(N)=O)NC(=O)[C@H]([C@@H](C)CC)NC(=O)[C@H](Cc3ccc(O)cc3)NC1=O)C(=O)N1CCC[C@H]1C(=O)N[C@@H](CC(C)C)C(=O)NCC(=O)N2. The number of phenols is 2. The number of rotatable bonds is 22. The Hall–Kier alpha value is -12.2. The fourth-order valence-electron chi connectivity index (χ4n) is 15.4. The van der Waals surface area contributed by atoms with Gasteiger partial charge in [-0.3, -0.25) is 105 Å². The van der Waals surface area contributed by atoms with Crippen LogP contribution in [0.25, 0.3) is 0 Å². The largest absolute Gasteiger partial charge is 0.508 e. The third-order valence-corrected chi connectivity index (χ3v) is 28.0. The topological polar surface area (TPSA) is 719 Å². The molecule has 22 amide bonds. The molecule has 50 heteroatoms. The lowest BCUT2D eigenvalue weighted by Gasteiger charge is -2.31. The zero-order chi connectivity index (χ0) is 100. The van der Waals surface area contributed by atoms with Crippen molar-refractivity contribution in [3.8, 4) is 11.5 Å². The van der Waals surface area contributed by atoms with E-state index in [9.17, 15) is 96.5 Å². The van der Waals surface area contributed by atoms with Gasteiger partial charge in [-0.05, 0) is 110 Å². The number of primary amides is 4. The summed E-state index contributed by atoms with van der Waals surface area (Å²) in [6.07, 6.45) is -4.67. The van der Waals surface area contributed by atoms with E-state index in [1.54, 1.807) is 55.4 Å². The van der Waals surface area contributed by atoms with Crippen molar-refractivity contribution in [2.45, 2.75) is 255 Å². The third kappa shape index (κ3) is 34.8. The molecule has 136 heavy (non-hydrogen) atoms. The molecule has 26 N–H and O–H groups in total. The molecule has 18 atom stereocenters. The molecule has 5 fully saturated rings. The number of hydrogen-bond acceptors (Lipinski definition) is 28. The second kappa shape index (κ2) is 53.9. The highest BCUT2D eigenvalue weighted by atomic mass is 33.1. The van der Waals surface area contributed by atoms with E-state index < -0.39 is 325 Å². The molecule has 5 heterocycles. The van der Waals surface area contributed by atoms with Crippen molar-refractivity contribution < 1.29 is 116 Å². The van der Waals surface area contributed by atoms with Crippen LogP contribution in [0.1, 0.15) is 156 Å². The molecule has 4 bridgehead atoms. The van der Waals surface area contributed by atoms with E-state index in [1.807, 2.05) is 0 Å². The van der Waals surface area contributed by atoms with E-state index in [-0.39, 0.29) is 88.8 Å². The normalized spacial score (nSPS) is 27.1. The minimum Gasteiger partial charge on any atom is -0.508 e. The van der Waals surface area contributed by atoms with Gasteiger partial charge in [-0.25, -0.2) is 0 Å². The Kier molecular flexibility index (Phi) is 43.9. The van der Waals surface area contributed by atoms with Crippen LogP contribution in [0.3, 0.4) is 0 Å². The minimum atomic E-state index is -1.97. The van der Waals surface area contributed by atoms with Crippen molar-refractivity contribution in [1.82, 2.24) is 94.9 Å². The van der Waals surface area contributed by atoms with Crippen LogP contribution in [-0.2, 0) is 118 Å². The molecule has 0 aliphatic carbocycles. The van der Waals surface area contributed by atoms with Crippen molar-refractivity contribution >= 4 is 173 Å². The molecule has 0 spiro atoms. The molecule has 2 aromatic carbocycles. The molecule has 5 aliphatic heterocycles. The Morgan fingerprint density at radius 3 is 0.971 bits per heavy atom. The van der Waals surface area contributed by atoms with Gasteiger partial charge in [0.05, 0.1) is 25.9 Å². The number of nitrogens with two attached hydrogens (primary N) is 4. The van der Waals surface area contributed by atoms with Crippen molar-refractivity contribution in [3.05, 3.63) is 59.7 Å². The maximum absolute atomic E-state index is 15.5. The van der Waals surface area contributed by atoms with Gasteiger partial charge in [0, 0.05) is 61.8 Å². The number of nitrogens with one attached hydrogen (secondary N) is 16. The van der Waals surface area contributed by atoms with Crippen LogP contribution in [0.4, 0.5) is 0 Å². The number of aromatic hydroxyl groups is 2. The highest BCUT2D eigenvalue weighted by Crippen LogP contribution is 2.30. The lowest BCUT2D eigenvalue weighted by molar-refractivity contribution is -0.142. The monoisotopic (exact) mass is 1980 g/mol. The van der Waals surface area contributed by atoms with Crippen LogP contribution in [-0.4, -0.2) is 296 Å². The summed E-state index contributed by atoms with van der Waals surface area (Å²) < 4.78 is 0. The average molecular weight is 1980 g/mol. The molecule has 0 radical (unpaired) electrons. The summed E-state index contributed by atoms with van der Waals surface area (Å²) in [7, 11) is 3.19. The van der Waals surface area contributed by atoms with Crippen LogP contribution in [0.5, 0.6) is 11.5 Å². The van der Waals surface area contributed by atoms with Crippen LogP contribution in [0.2, 0.25) is 0 Å². The zero-order valence-corrected chi connectivity index (χ0v) is 80.1. The van der Waals surface area contributed by atoms with Gasteiger partial charge < -0.3 is 128 Å². The van der Waals surface area contributed by atoms with Crippen molar-refractivity contribution in [3.63, 3.8) is 0 Å². The van der Waals surface area contributed by atoms with E-state index >= 15 is 19.2 Å². The first-order valence-corrected chi connectivity index (χ1v) is 49.9. The summed E-state index contributed by atoms with van der Waals surface area (Å²) >= 11 is 0. The van der Waals surface area contributed by atoms with E-state index in [0.29, 0.717) is 11.1 Å². The highest BCUT2D eigenvalue weighted by Gasteiger charge is 2.46. The van der Waals surface area contributed by atoms with Crippen molar-refractivity contribution in [2.24, 2.45) is 46.6 Å². The first kappa shape index (κ1) is 111. The summed E-state index contributed by atoms with van der Waals surface area (Å²) in [5.41, 5.74) is 23.1. The predicted molar refractivity (Wildman–Crippen MR) is 498 cm³/mol. The predicted octanol–water partition coefficient (Wildman–Crippen LogP) is -5.85. The molecule has 2 aromatic rings. The Balaban J connectivity index is 1.37. The minimum absolute atomic E-state index is 0.0718. The first-order chi connectivity index (χ1) is 64.3. The number of amides is 22. The van der Waals surface area contributed by atoms with Gasteiger partial charge in [0.25, 0.3) is 0 Å². The molecule has 7 rings (SSSR count). The summed E-state index contributed by atoms with van der Waals surface area (Å²) in [5, 5.41) is 61.6. The number of benzene rings is 2. The molecule has 0 saturated carbocycles. The zero-order valence-electron chi connectivity index (χ0n) is 76.8. The molecule has 5 saturated heterocycles. The molecule has 0 unspecified atom stereocenters. The summed E-state index contributed by atoms with van der Waals surface area (Å²) in [6, 6.07) is -15.9. The van der Waals surface area contributed by atoms with Gasteiger partial charge in [-0.1, -0.05) is 136 Å². The molecular weight excluding hydrogens is 1850 g/mol. The fraction of sp³-hybridized carbons (Fsp3) is 0.605. The summed E-state index contributed by atoms with van der Waals surface area (Å²) in [6.45, 7) is 11.0. The first-order valence-electron chi connectivity index (χ1n) is 44.9. The van der Waals surface area contributed by atoms with Gasteiger partial charge in [-0.15, -0.1) is 0 Å². The molecule has 0 aromatic heterocycles. The van der Waals surface area contributed by atoms with Gasteiger partial charge in [0.15, 0.2) is 0 Å². The highest BCUT2D eigenvalue weighted by molar-refractivity contribution is 8.77. The number of carbonyl (C=O) groups excluding carboxylic acids is 22. The van der Waals surface area contributed by atoms with Crippen LogP contribution < -0.4 is 108 Å². The fourth-order valence-corrected chi connectivity index (χ4v) is 20.0. The number of phenolic OH excluding ortho intramolecular Hbond substituents is 2. The maximum Gasteiger partial charge on any atom is 0.246 e. The van der Waals surface area contributed by atoms with Crippen LogP contribution >= 0.6 is 43.2 Å². The van der Waals surface area contributed by atoms with E-state index in [0.717, 1.165) is 53.0 Å². The average Bonchev–Trinajstić information content (AvgIpc) is 1.67. The number of hydrogen-bond donors (Lipinski definition) is 22. The molecule has 748 valence electrons. The van der Waals surface area contributed by atoms with Gasteiger partial charge in [-0.2, -0.15) is 0 Å². The number of carbonyl (C=O) groups is 22. The Morgan fingerprint density at radius 1 is 0.353 bits per heavy atom. The lowest BCUT2D eigenvalue weighted by atomic mass is 9.96. The van der Waals surface area contributed by atoms with E-state index in [2.05, 4.69) is 85.1 Å². The smallest absolute Gasteiger partial charge is 0.246 e. The van der Waals surface area contributed by atoms with E-state index in [4.69, 9.17) is 22.9 Å². The van der Waals surface area contributed by atoms with Gasteiger partial charge in [0.2, 0.25) is 130 Å². The maximum atomic E-state index is 15.5. The van der Waals surface area contributed by atoms with Crippen molar-refractivity contribution in [1.29, 1.82) is 0 Å². The molecular formula is C86H126N22O24S4. The Bertz CT molecular complexity index is 4410. The lowest BCUT2D eigenvalue weighted by Crippen LogP contribution is -2.62. The van der Waals surface area contributed by atoms with Gasteiger partial charge in [0.1, 0.15) is 108 Å². The quantitative estimate of drug-likeness (QED) is 0.0488. The summed E-state index contributed by atoms with van der Waals surface area (Å²) in [5.74, 6) is -28.0. The second-order valence-corrected chi connectivity index (χ2v) is 40.0. The standard InChI is InChI=1S/C86H126N22O24S4/c1-9-43(7)69-83(129)95-49(23-25-63(87)111)73(119)99-55(33-65(89)113)75(121)103-59-39-135-133-37-57(79(125)97-53(77(123)105-69)31-45-15-19-47(109)20-16-45)93-67(115)35-91-71(117)51(29-41(3)4)101-82(128)62-14-12-28-108(62)86(132)60-40-136-134-38-58(94-68(116)36-92-72(118)52(30-42(5)6)102-81(127)61-13-11-27-107(61)85(59)131)80(126)98-54(32-46-17-21-48(110)22-18-46)78(124)106-70(44(8)10-2)84(130)96-50(24-26-64(88)112)74(120)100-56(34-66(90)114)76(122)104-60/h15-22,41-44,49-62,69-70,109-110H,9-14,23-40H2,1-8H3,(H2,87,111)(H2,88,112)(H2,89,113)(H2,90,114)(H,91,117)(H,92,118)(H,93,115)(H,94,116)(H,95,129)(H,96,130)(H,97,125)(H,98,126)(H,99,119)(H,100,120)(H,101,128)(H,102,127)(H,103,121)(H,104,122)(H,105,123)(H,106,124)/t43-,44-,49-,50-,51-,52-,53-,54-,55-,56-,57-,58-,59-,60-,61-,62-,69-,70-/m0/s1. The third-order valence-electron chi connectivity index (χ3n) is 23.1. The number of nitrogens with zero attached hydrogens (tertiary/aromatic N) is 2. The number of fused-ring (bicyclic) bond motifs is 12. The Labute approximate surface area is 801 Å². The molecule has 46 nitrogen and oxygen atoms in total. The summed E-state index contributed by atoms with van der Waals surface area (Å²) in [4.78, 5) is 321.